The first-order valence-corrected chi connectivity index (χ1v) is 8.12. The van der Waals surface area contributed by atoms with Crippen molar-refractivity contribution in [1.82, 2.24) is 4.90 Å². The van der Waals surface area contributed by atoms with E-state index in [4.69, 9.17) is 4.74 Å². The lowest BCUT2D eigenvalue weighted by atomic mass is 10.0. The summed E-state index contributed by atoms with van der Waals surface area (Å²) in [5.74, 6) is -0.162. The van der Waals surface area contributed by atoms with Crippen LogP contribution in [0.2, 0.25) is 0 Å². The van der Waals surface area contributed by atoms with Gasteiger partial charge in [-0.2, -0.15) is 0 Å². The number of esters is 1. The summed E-state index contributed by atoms with van der Waals surface area (Å²) < 4.78 is 4.81. The molecule has 2 rings (SSSR count). The summed E-state index contributed by atoms with van der Waals surface area (Å²) in [5.41, 5.74) is 2.37. The number of likely N-dealkylation sites (tertiary alicyclic amines) is 1. The predicted molar refractivity (Wildman–Crippen MR) is 85.1 cm³/mol. The Kier molecular flexibility index (Phi) is 6.24. The van der Waals surface area contributed by atoms with Crippen molar-refractivity contribution in [1.29, 1.82) is 0 Å². The molecule has 0 radical (unpaired) electrons. The maximum absolute atomic E-state index is 11.6. The molecule has 1 saturated heterocycles. The SMILES string of the molecule is CCC1CCCCCN1Cc1ccccc1CC(=O)OC. The van der Waals surface area contributed by atoms with Gasteiger partial charge in [0.2, 0.25) is 0 Å². The van der Waals surface area contributed by atoms with Gasteiger partial charge in [0.15, 0.2) is 0 Å². The monoisotopic (exact) mass is 289 g/mol. The molecule has 0 bridgehead atoms. The van der Waals surface area contributed by atoms with E-state index in [9.17, 15) is 4.79 Å². The van der Waals surface area contributed by atoms with Gasteiger partial charge in [-0.25, -0.2) is 0 Å². The first-order valence-electron chi connectivity index (χ1n) is 8.12. The molecule has 1 aliphatic rings. The minimum Gasteiger partial charge on any atom is -0.469 e. The molecule has 3 nitrogen and oxygen atoms in total. The van der Waals surface area contributed by atoms with E-state index in [1.54, 1.807) is 0 Å². The first kappa shape index (κ1) is 16.0. The molecule has 116 valence electrons. The van der Waals surface area contributed by atoms with Gasteiger partial charge in [0.05, 0.1) is 13.5 Å². The molecular formula is C18H27NO2. The van der Waals surface area contributed by atoms with Crippen LogP contribution in [0.1, 0.15) is 50.2 Å². The summed E-state index contributed by atoms with van der Waals surface area (Å²) in [6, 6.07) is 8.94. The smallest absolute Gasteiger partial charge is 0.309 e. The van der Waals surface area contributed by atoms with E-state index in [1.807, 2.05) is 12.1 Å². The third-order valence-corrected chi connectivity index (χ3v) is 4.52. The molecule has 0 spiro atoms. The number of hydrogen-bond acceptors (Lipinski definition) is 3. The zero-order valence-electron chi connectivity index (χ0n) is 13.3. The Morgan fingerprint density at radius 2 is 2.00 bits per heavy atom. The highest BCUT2D eigenvalue weighted by molar-refractivity contribution is 5.72. The molecule has 0 saturated carbocycles. The first-order chi connectivity index (χ1) is 10.2. The second kappa shape index (κ2) is 8.18. The van der Waals surface area contributed by atoms with E-state index >= 15 is 0 Å². The van der Waals surface area contributed by atoms with Gasteiger partial charge in [-0.05, 0) is 36.9 Å². The van der Waals surface area contributed by atoms with Crippen molar-refractivity contribution in [2.24, 2.45) is 0 Å². The van der Waals surface area contributed by atoms with Crippen molar-refractivity contribution in [3.05, 3.63) is 35.4 Å². The lowest BCUT2D eigenvalue weighted by Crippen LogP contribution is -2.34. The van der Waals surface area contributed by atoms with Gasteiger partial charge in [0, 0.05) is 12.6 Å². The van der Waals surface area contributed by atoms with Crippen LogP contribution in [0.3, 0.4) is 0 Å². The van der Waals surface area contributed by atoms with Crippen molar-refractivity contribution >= 4 is 5.97 Å². The third-order valence-electron chi connectivity index (χ3n) is 4.52. The number of carbonyl (C=O) groups excluding carboxylic acids is 1. The van der Waals surface area contributed by atoms with Crippen LogP contribution in [0.15, 0.2) is 24.3 Å². The number of nitrogens with zero attached hydrogens (tertiary/aromatic N) is 1. The summed E-state index contributed by atoms with van der Waals surface area (Å²) in [4.78, 5) is 14.2. The van der Waals surface area contributed by atoms with Crippen LogP contribution < -0.4 is 0 Å². The molecule has 0 aromatic heterocycles. The van der Waals surface area contributed by atoms with E-state index in [1.165, 1.54) is 51.3 Å². The molecule has 1 fully saturated rings. The van der Waals surface area contributed by atoms with Crippen molar-refractivity contribution in [2.45, 2.75) is 58.0 Å². The zero-order valence-corrected chi connectivity index (χ0v) is 13.3. The Balaban J connectivity index is 2.11. The van der Waals surface area contributed by atoms with E-state index < -0.39 is 0 Å². The molecule has 3 heteroatoms. The average Bonchev–Trinajstić information content (AvgIpc) is 2.74. The number of benzene rings is 1. The Labute approximate surface area is 128 Å². The number of carbonyl (C=O) groups is 1. The van der Waals surface area contributed by atoms with Crippen molar-refractivity contribution in [2.75, 3.05) is 13.7 Å². The van der Waals surface area contributed by atoms with Crippen molar-refractivity contribution in [3.8, 4) is 0 Å². The highest BCUT2D eigenvalue weighted by atomic mass is 16.5. The van der Waals surface area contributed by atoms with Crippen LogP contribution >= 0.6 is 0 Å². The van der Waals surface area contributed by atoms with Crippen LogP contribution in [0.4, 0.5) is 0 Å². The fourth-order valence-electron chi connectivity index (χ4n) is 3.24. The second-order valence-electron chi connectivity index (χ2n) is 5.90. The molecule has 1 unspecified atom stereocenters. The van der Waals surface area contributed by atoms with Crippen LogP contribution in [-0.2, 0) is 22.5 Å². The summed E-state index contributed by atoms with van der Waals surface area (Å²) >= 11 is 0. The molecule has 1 heterocycles. The van der Waals surface area contributed by atoms with Crippen molar-refractivity contribution in [3.63, 3.8) is 0 Å². The minimum absolute atomic E-state index is 0.162. The van der Waals surface area contributed by atoms with E-state index in [0.29, 0.717) is 12.5 Å². The fraction of sp³-hybridized carbons (Fsp3) is 0.611. The fourth-order valence-corrected chi connectivity index (χ4v) is 3.24. The predicted octanol–water partition coefficient (Wildman–Crippen LogP) is 3.56. The molecule has 0 N–H and O–H groups in total. The summed E-state index contributed by atoms with van der Waals surface area (Å²) in [7, 11) is 1.45. The summed E-state index contributed by atoms with van der Waals surface area (Å²) in [6.07, 6.45) is 6.86. The topological polar surface area (TPSA) is 29.5 Å². The lowest BCUT2D eigenvalue weighted by molar-refractivity contribution is -0.139. The van der Waals surface area contributed by atoms with E-state index in [2.05, 4.69) is 24.0 Å². The van der Waals surface area contributed by atoms with Gasteiger partial charge >= 0.3 is 5.97 Å². The maximum atomic E-state index is 11.6. The van der Waals surface area contributed by atoms with Gasteiger partial charge in [0.1, 0.15) is 0 Å². The minimum atomic E-state index is -0.162. The summed E-state index contributed by atoms with van der Waals surface area (Å²) in [5, 5.41) is 0. The number of ether oxygens (including phenoxy) is 1. The van der Waals surface area contributed by atoms with Gasteiger partial charge in [-0.1, -0.05) is 44.0 Å². The molecule has 1 aromatic rings. The van der Waals surface area contributed by atoms with Crippen LogP contribution in [0.5, 0.6) is 0 Å². The lowest BCUT2D eigenvalue weighted by Gasteiger charge is -2.29. The van der Waals surface area contributed by atoms with Gasteiger partial charge in [-0.3, -0.25) is 9.69 Å². The highest BCUT2D eigenvalue weighted by Gasteiger charge is 2.20. The Bertz CT molecular complexity index is 458. The third kappa shape index (κ3) is 4.57. The van der Waals surface area contributed by atoms with Crippen molar-refractivity contribution < 1.29 is 9.53 Å². The largest absolute Gasteiger partial charge is 0.469 e. The molecular weight excluding hydrogens is 262 g/mol. The molecule has 1 atom stereocenters. The number of methoxy groups -OCH3 is 1. The summed E-state index contributed by atoms with van der Waals surface area (Å²) in [6.45, 7) is 4.40. The van der Waals surface area contributed by atoms with Gasteiger partial charge < -0.3 is 4.74 Å². The van der Waals surface area contributed by atoms with Crippen LogP contribution in [0, 0.1) is 0 Å². The second-order valence-corrected chi connectivity index (χ2v) is 5.90. The van der Waals surface area contributed by atoms with Crippen LogP contribution in [0.25, 0.3) is 0 Å². The molecule has 1 aliphatic heterocycles. The Hall–Kier alpha value is -1.35. The number of rotatable bonds is 5. The Morgan fingerprint density at radius 1 is 1.24 bits per heavy atom. The normalized spacial score (nSPS) is 20.0. The van der Waals surface area contributed by atoms with Gasteiger partial charge in [-0.15, -0.1) is 0 Å². The standard InChI is InChI=1S/C18H27NO2/c1-3-17-11-5-4-8-12-19(17)14-16-10-7-6-9-15(16)13-18(20)21-2/h6-7,9-10,17H,3-5,8,11-14H2,1-2H3. The van der Waals surface area contributed by atoms with E-state index in [-0.39, 0.29) is 5.97 Å². The molecule has 21 heavy (non-hydrogen) atoms. The average molecular weight is 289 g/mol. The van der Waals surface area contributed by atoms with Gasteiger partial charge in [0.25, 0.3) is 0 Å². The molecule has 0 amide bonds. The van der Waals surface area contributed by atoms with E-state index in [0.717, 1.165) is 12.1 Å². The quantitative estimate of drug-likeness (QED) is 0.776. The zero-order chi connectivity index (χ0) is 15.1. The maximum Gasteiger partial charge on any atom is 0.309 e. The molecule has 0 aliphatic carbocycles. The highest BCUT2D eigenvalue weighted by Crippen LogP contribution is 2.22. The Morgan fingerprint density at radius 3 is 2.71 bits per heavy atom. The van der Waals surface area contributed by atoms with Crippen LogP contribution in [-0.4, -0.2) is 30.6 Å². The number of hydrogen-bond donors (Lipinski definition) is 0. The molecule has 1 aromatic carbocycles.